The fourth-order valence-corrected chi connectivity index (χ4v) is 2.27. The van der Waals surface area contributed by atoms with Crippen LogP contribution in [0.25, 0.3) is 0 Å². The lowest BCUT2D eigenvalue weighted by Gasteiger charge is -2.07. The van der Waals surface area contributed by atoms with Crippen LogP contribution in [-0.2, 0) is 6.54 Å². The lowest BCUT2D eigenvalue weighted by atomic mass is 10.1. The molecular formula is C15H13Cl2NO. The van der Waals surface area contributed by atoms with Gasteiger partial charge in [-0.15, -0.1) is 0 Å². The largest absolute Gasteiger partial charge is 0.348 e. The Balaban J connectivity index is 2.05. The number of halogens is 2. The smallest absolute Gasteiger partial charge is 0.253 e. The summed E-state index contributed by atoms with van der Waals surface area (Å²) in [5.74, 6) is -0.205. The van der Waals surface area contributed by atoms with Crippen molar-refractivity contribution < 1.29 is 4.79 Å². The van der Waals surface area contributed by atoms with Crippen molar-refractivity contribution in [3.8, 4) is 0 Å². The van der Waals surface area contributed by atoms with Gasteiger partial charge in [-0.25, -0.2) is 0 Å². The summed E-state index contributed by atoms with van der Waals surface area (Å²) in [4.78, 5) is 12.0. The molecule has 0 saturated carbocycles. The Kier molecular flexibility index (Phi) is 4.46. The molecule has 98 valence electrons. The van der Waals surface area contributed by atoms with Gasteiger partial charge in [-0.2, -0.15) is 0 Å². The molecule has 4 heteroatoms. The monoisotopic (exact) mass is 293 g/mol. The first-order valence-electron chi connectivity index (χ1n) is 5.85. The number of benzene rings is 2. The maximum absolute atomic E-state index is 12.0. The van der Waals surface area contributed by atoms with Crippen molar-refractivity contribution >= 4 is 29.1 Å². The van der Waals surface area contributed by atoms with Gasteiger partial charge in [0.25, 0.3) is 5.91 Å². The van der Waals surface area contributed by atoms with Crippen molar-refractivity contribution in [2.45, 2.75) is 13.5 Å². The van der Waals surface area contributed by atoms with Crippen LogP contribution in [0.3, 0.4) is 0 Å². The predicted octanol–water partition coefficient (Wildman–Crippen LogP) is 4.23. The number of aryl methyl sites for hydroxylation is 1. The summed E-state index contributed by atoms with van der Waals surface area (Å²) >= 11 is 11.8. The second-order valence-electron chi connectivity index (χ2n) is 4.30. The molecule has 0 saturated heterocycles. The molecule has 2 rings (SSSR count). The van der Waals surface area contributed by atoms with Crippen molar-refractivity contribution in [3.05, 3.63) is 69.2 Å². The summed E-state index contributed by atoms with van der Waals surface area (Å²) in [6, 6.07) is 12.8. The van der Waals surface area contributed by atoms with E-state index in [1.807, 2.05) is 31.2 Å². The zero-order valence-electron chi connectivity index (χ0n) is 10.4. The van der Waals surface area contributed by atoms with E-state index in [1.54, 1.807) is 18.2 Å². The van der Waals surface area contributed by atoms with Gasteiger partial charge in [0.2, 0.25) is 0 Å². The molecule has 0 heterocycles. The Morgan fingerprint density at radius 3 is 2.63 bits per heavy atom. The number of carbonyl (C=O) groups excluding carboxylic acids is 1. The van der Waals surface area contributed by atoms with Crippen LogP contribution in [0.5, 0.6) is 0 Å². The SMILES string of the molecule is Cc1cccc(CNC(=O)c2ccc(Cl)cc2Cl)c1. The second-order valence-corrected chi connectivity index (χ2v) is 5.14. The minimum atomic E-state index is -0.205. The molecule has 1 N–H and O–H groups in total. The van der Waals surface area contributed by atoms with E-state index in [2.05, 4.69) is 5.32 Å². The van der Waals surface area contributed by atoms with Gasteiger partial charge in [-0.1, -0.05) is 53.0 Å². The molecule has 0 atom stereocenters. The first-order valence-corrected chi connectivity index (χ1v) is 6.60. The maximum Gasteiger partial charge on any atom is 0.253 e. The van der Waals surface area contributed by atoms with Crippen molar-refractivity contribution in [2.75, 3.05) is 0 Å². The highest BCUT2D eigenvalue weighted by Crippen LogP contribution is 2.20. The molecule has 0 radical (unpaired) electrons. The van der Waals surface area contributed by atoms with E-state index in [1.165, 1.54) is 0 Å². The summed E-state index contributed by atoms with van der Waals surface area (Å²) < 4.78 is 0. The molecule has 0 aliphatic heterocycles. The van der Waals surface area contributed by atoms with Crippen LogP contribution >= 0.6 is 23.2 Å². The number of nitrogens with one attached hydrogen (secondary N) is 1. The summed E-state index contributed by atoms with van der Waals surface area (Å²) in [5, 5.41) is 3.71. The molecule has 0 bridgehead atoms. The van der Waals surface area contributed by atoms with Crippen molar-refractivity contribution in [1.29, 1.82) is 0 Å². The van der Waals surface area contributed by atoms with Gasteiger partial charge in [0.05, 0.1) is 10.6 Å². The Morgan fingerprint density at radius 1 is 1.16 bits per heavy atom. The van der Waals surface area contributed by atoms with Gasteiger partial charge in [-0.3, -0.25) is 4.79 Å². The number of rotatable bonds is 3. The fourth-order valence-electron chi connectivity index (χ4n) is 1.77. The van der Waals surface area contributed by atoms with Crippen LogP contribution in [0.2, 0.25) is 10.0 Å². The molecule has 19 heavy (non-hydrogen) atoms. The summed E-state index contributed by atoms with van der Waals surface area (Å²) in [5.41, 5.74) is 2.65. The van der Waals surface area contributed by atoms with Crippen LogP contribution < -0.4 is 5.32 Å². The van der Waals surface area contributed by atoms with Gasteiger partial charge in [0, 0.05) is 11.6 Å². The third kappa shape index (κ3) is 3.72. The highest BCUT2D eigenvalue weighted by molar-refractivity contribution is 6.36. The molecule has 0 aromatic heterocycles. The van der Waals surface area contributed by atoms with Crippen molar-refractivity contribution in [2.24, 2.45) is 0 Å². The quantitative estimate of drug-likeness (QED) is 0.901. The average molecular weight is 294 g/mol. The molecule has 1 amide bonds. The van der Waals surface area contributed by atoms with Gasteiger partial charge in [-0.05, 0) is 30.7 Å². The molecule has 0 fully saturated rings. The number of carbonyl (C=O) groups is 1. The summed E-state index contributed by atoms with van der Waals surface area (Å²) in [7, 11) is 0. The Hall–Kier alpha value is -1.51. The Morgan fingerprint density at radius 2 is 1.95 bits per heavy atom. The van der Waals surface area contributed by atoms with E-state index >= 15 is 0 Å². The molecule has 0 aliphatic carbocycles. The Labute approximate surface area is 122 Å². The van der Waals surface area contributed by atoms with Crippen LogP contribution in [0.1, 0.15) is 21.5 Å². The number of amides is 1. The minimum absolute atomic E-state index is 0.205. The molecule has 2 aromatic rings. The van der Waals surface area contributed by atoms with E-state index in [-0.39, 0.29) is 5.91 Å². The van der Waals surface area contributed by atoms with Crippen LogP contribution in [0.4, 0.5) is 0 Å². The van der Waals surface area contributed by atoms with Gasteiger partial charge in [0.1, 0.15) is 0 Å². The van der Waals surface area contributed by atoms with Crippen LogP contribution in [0, 0.1) is 6.92 Å². The van der Waals surface area contributed by atoms with Gasteiger partial charge >= 0.3 is 0 Å². The highest BCUT2D eigenvalue weighted by atomic mass is 35.5. The molecule has 2 aromatic carbocycles. The first-order chi connectivity index (χ1) is 9.06. The van der Waals surface area contributed by atoms with Crippen LogP contribution in [0.15, 0.2) is 42.5 Å². The maximum atomic E-state index is 12.0. The van der Waals surface area contributed by atoms with E-state index in [0.717, 1.165) is 11.1 Å². The van der Waals surface area contributed by atoms with Crippen LogP contribution in [-0.4, -0.2) is 5.91 Å². The van der Waals surface area contributed by atoms with Gasteiger partial charge < -0.3 is 5.32 Å². The van der Waals surface area contributed by atoms with E-state index in [4.69, 9.17) is 23.2 Å². The number of hydrogen-bond donors (Lipinski definition) is 1. The average Bonchev–Trinajstić information content (AvgIpc) is 2.36. The number of hydrogen-bond acceptors (Lipinski definition) is 1. The second kappa shape index (κ2) is 6.09. The third-order valence-electron chi connectivity index (χ3n) is 2.71. The van der Waals surface area contributed by atoms with E-state index in [9.17, 15) is 4.79 Å². The summed E-state index contributed by atoms with van der Waals surface area (Å²) in [6.07, 6.45) is 0. The topological polar surface area (TPSA) is 29.1 Å². The molecule has 0 aliphatic rings. The zero-order chi connectivity index (χ0) is 13.8. The van der Waals surface area contributed by atoms with Gasteiger partial charge in [0.15, 0.2) is 0 Å². The van der Waals surface area contributed by atoms with E-state index in [0.29, 0.717) is 22.2 Å². The lowest BCUT2D eigenvalue weighted by molar-refractivity contribution is 0.0951. The minimum Gasteiger partial charge on any atom is -0.348 e. The predicted molar refractivity (Wildman–Crippen MR) is 78.8 cm³/mol. The molecule has 2 nitrogen and oxygen atoms in total. The molecule has 0 spiro atoms. The van der Waals surface area contributed by atoms with Crippen molar-refractivity contribution in [3.63, 3.8) is 0 Å². The van der Waals surface area contributed by atoms with Crippen molar-refractivity contribution in [1.82, 2.24) is 5.32 Å². The normalized spacial score (nSPS) is 10.3. The molecule has 0 unspecified atom stereocenters. The first kappa shape index (κ1) is 13.9. The highest BCUT2D eigenvalue weighted by Gasteiger charge is 2.10. The van der Waals surface area contributed by atoms with E-state index < -0.39 is 0 Å². The zero-order valence-corrected chi connectivity index (χ0v) is 11.9. The molecular weight excluding hydrogens is 281 g/mol. The fraction of sp³-hybridized carbons (Fsp3) is 0.133. The standard InChI is InChI=1S/C15H13Cl2NO/c1-10-3-2-4-11(7-10)9-18-15(19)13-6-5-12(16)8-14(13)17/h2-8H,9H2,1H3,(H,18,19). The summed E-state index contributed by atoms with van der Waals surface area (Å²) in [6.45, 7) is 2.49. The lowest BCUT2D eigenvalue weighted by Crippen LogP contribution is -2.23. The third-order valence-corrected chi connectivity index (χ3v) is 3.26. The Bertz CT molecular complexity index is 611.